The van der Waals surface area contributed by atoms with Crippen LogP contribution in [-0.2, 0) is 24.2 Å². The summed E-state index contributed by atoms with van der Waals surface area (Å²) in [5.41, 5.74) is 0. The molecule has 5 heavy (non-hydrogen) atoms. The van der Waals surface area contributed by atoms with Crippen molar-refractivity contribution in [1.29, 1.82) is 0 Å². The van der Waals surface area contributed by atoms with Crippen molar-refractivity contribution in [2.75, 3.05) is 0 Å². The average molecular weight is 274 g/mol. The first-order valence-corrected chi connectivity index (χ1v) is 3.57. The summed E-state index contributed by atoms with van der Waals surface area (Å²) in [5.74, 6) is 0. The van der Waals surface area contributed by atoms with Gasteiger partial charge in [-0.25, -0.2) is 0 Å². The molecule has 0 unspecified atom stereocenters. The van der Waals surface area contributed by atoms with Gasteiger partial charge in [-0.3, -0.25) is 0 Å². The van der Waals surface area contributed by atoms with Crippen molar-refractivity contribution in [3.63, 3.8) is 0 Å². The van der Waals surface area contributed by atoms with E-state index in [1.807, 2.05) is 0 Å². The number of hydrogen-bond donors (Lipinski definition) is 2. The van der Waals surface area contributed by atoms with E-state index >= 15 is 0 Å². The summed E-state index contributed by atoms with van der Waals surface area (Å²) in [6.07, 6.45) is 0. The third kappa shape index (κ3) is 37.0. The Morgan fingerprint density at radius 3 is 1.40 bits per heavy atom. The number of rotatable bonds is 0. The maximum Gasteiger partial charge on any atom is 0 e. The van der Waals surface area contributed by atoms with Crippen molar-refractivity contribution in [3.05, 3.63) is 0 Å². The second-order valence-electron chi connectivity index (χ2n) is 0.231. The summed E-state index contributed by atoms with van der Waals surface area (Å²) in [4.78, 5) is 0. The predicted octanol–water partition coefficient (Wildman–Crippen LogP) is -1.62. The standard InChI is InChI=1S/Mo.H2O3Te/c;1-4(2)3/h;(H2,1,2,3). The van der Waals surface area contributed by atoms with Crippen LogP contribution in [0.4, 0.5) is 0 Å². The quantitative estimate of drug-likeness (QED) is 0.522. The van der Waals surface area contributed by atoms with E-state index in [-0.39, 0.29) is 21.1 Å². The maximum atomic E-state index is 8.81. The Kier molecular flexibility index (Phi) is 9.88. The molecular weight excluding hydrogens is 272 g/mol. The van der Waals surface area contributed by atoms with Gasteiger partial charge >= 0.3 is 30.4 Å². The zero-order valence-electron chi connectivity index (χ0n) is 2.12. The minimum Gasteiger partial charge on any atom is 0 e. The first-order chi connectivity index (χ1) is 1.73. The molecule has 32 valence electrons. The monoisotopic (exact) mass is 278 g/mol. The van der Waals surface area contributed by atoms with Crippen LogP contribution >= 0.6 is 0 Å². The molecule has 0 bridgehead atoms. The number of hydrogen-bond acceptors (Lipinski definition) is 1. The summed E-state index contributed by atoms with van der Waals surface area (Å²) >= 11 is -3.61. The minimum absolute atomic E-state index is 0. The van der Waals surface area contributed by atoms with Crippen molar-refractivity contribution < 1.29 is 31.1 Å². The van der Waals surface area contributed by atoms with Crippen molar-refractivity contribution >= 4 is 20.4 Å². The van der Waals surface area contributed by atoms with Crippen LogP contribution in [0.2, 0.25) is 0 Å². The maximum absolute atomic E-state index is 8.81. The van der Waals surface area contributed by atoms with Gasteiger partial charge in [0.15, 0.2) is 0 Å². The smallest absolute Gasteiger partial charge is 0 e. The molecular formula is H2MoO3Te. The molecule has 0 radical (unpaired) electrons. The fourth-order valence-corrected chi connectivity index (χ4v) is 0. The summed E-state index contributed by atoms with van der Waals surface area (Å²) in [7, 11) is 0. The molecule has 2 N–H and O–H groups in total. The van der Waals surface area contributed by atoms with E-state index in [2.05, 4.69) is 0 Å². The van der Waals surface area contributed by atoms with Gasteiger partial charge in [0.1, 0.15) is 0 Å². The van der Waals surface area contributed by atoms with Crippen LogP contribution < -0.4 is 0 Å². The van der Waals surface area contributed by atoms with E-state index in [1.165, 1.54) is 0 Å². The second kappa shape index (κ2) is 5.20. The van der Waals surface area contributed by atoms with Crippen molar-refractivity contribution in [2.24, 2.45) is 0 Å². The summed E-state index contributed by atoms with van der Waals surface area (Å²) in [6.45, 7) is 0. The van der Waals surface area contributed by atoms with Gasteiger partial charge in [0, 0.05) is 21.1 Å². The summed E-state index contributed by atoms with van der Waals surface area (Å²) in [6, 6.07) is 0. The molecule has 0 atom stereocenters. The summed E-state index contributed by atoms with van der Waals surface area (Å²) < 4.78 is 23.3. The molecule has 0 aliphatic rings. The van der Waals surface area contributed by atoms with Crippen LogP contribution in [0.25, 0.3) is 0 Å². The first kappa shape index (κ1) is 9.50. The molecule has 0 spiro atoms. The Bertz CT molecular complexity index is 29.9. The van der Waals surface area contributed by atoms with Gasteiger partial charge in [-0.05, 0) is 0 Å². The van der Waals surface area contributed by atoms with Crippen LogP contribution in [0.1, 0.15) is 0 Å². The molecule has 0 aromatic heterocycles. The average Bonchev–Trinajstić information content (AvgIpc) is 0.811. The molecule has 0 heterocycles. The minimum atomic E-state index is -3.61. The zero-order chi connectivity index (χ0) is 3.58. The molecule has 0 aliphatic heterocycles. The van der Waals surface area contributed by atoms with E-state index in [0.29, 0.717) is 0 Å². The van der Waals surface area contributed by atoms with Crippen LogP contribution in [0.3, 0.4) is 0 Å². The van der Waals surface area contributed by atoms with Crippen LogP contribution in [0, 0.1) is 0 Å². The predicted molar refractivity (Wildman–Crippen MR) is 10.9 cm³/mol. The molecule has 0 amide bonds. The first-order valence-electron chi connectivity index (χ1n) is 0.532. The van der Waals surface area contributed by atoms with Gasteiger partial charge in [-0.15, -0.1) is 0 Å². The van der Waals surface area contributed by atoms with E-state index in [0.717, 1.165) is 0 Å². The molecule has 0 aromatic carbocycles. The SMILES string of the molecule is O=[Te](O)O.[Mo]. The van der Waals surface area contributed by atoms with Gasteiger partial charge in [0.05, 0.1) is 0 Å². The largest absolute Gasteiger partial charge is 0 e. The Labute approximate surface area is 51.4 Å². The van der Waals surface area contributed by atoms with Crippen LogP contribution in [-0.4, -0.2) is 27.3 Å². The van der Waals surface area contributed by atoms with Gasteiger partial charge in [-0.1, -0.05) is 0 Å². The second-order valence-corrected chi connectivity index (χ2v) is 1.55. The topological polar surface area (TPSA) is 57.5 Å². The van der Waals surface area contributed by atoms with Crippen molar-refractivity contribution in [3.8, 4) is 0 Å². The van der Waals surface area contributed by atoms with Crippen molar-refractivity contribution in [1.82, 2.24) is 0 Å². The van der Waals surface area contributed by atoms with E-state index in [4.69, 9.17) is 10.0 Å². The van der Waals surface area contributed by atoms with Gasteiger partial charge in [-0.2, -0.15) is 0 Å². The van der Waals surface area contributed by atoms with E-state index in [9.17, 15) is 0 Å². The van der Waals surface area contributed by atoms with Gasteiger partial charge in [0.2, 0.25) is 0 Å². The Morgan fingerprint density at radius 1 is 1.40 bits per heavy atom. The molecule has 0 saturated carbocycles. The molecule has 0 aromatic rings. The van der Waals surface area contributed by atoms with E-state index in [1.54, 1.807) is 0 Å². The molecule has 0 fully saturated rings. The third-order valence-electron chi connectivity index (χ3n) is 0. The Balaban J connectivity index is 0. The normalized spacial score (nSPS) is 7.00. The molecule has 0 aliphatic carbocycles. The Hall–Kier alpha value is 1.20. The molecule has 3 nitrogen and oxygen atoms in total. The van der Waals surface area contributed by atoms with Crippen LogP contribution in [0.15, 0.2) is 0 Å². The van der Waals surface area contributed by atoms with E-state index < -0.39 is 20.4 Å². The third-order valence-corrected chi connectivity index (χ3v) is 0. The fourth-order valence-electron chi connectivity index (χ4n) is 0. The molecule has 0 saturated heterocycles. The molecule has 5 heteroatoms. The molecule has 0 rings (SSSR count). The zero-order valence-corrected chi connectivity index (χ0v) is 6.46. The fraction of sp³-hybridized carbons (Fsp3) is 0. The van der Waals surface area contributed by atoms with Crippen LogP contribution in [0.5, 0.6) is 0 Å². The van der Waals surface area contributed by atoms with Crippen molar-refractivity contribution in [2.45, 2.75) is 0 Å². The van der Waals surface area contributed by atoms with Gasteiger partial charge < -0.3 is 0 Å². The Morgan fingerprint density at radius 2 is 1.40 bits per heavy atom. The summed E-state index contributed by atoms with van der Waals surface area (Å²) in [5, 5.41) is 0. The van der Waals surface area contributed by atoms with Gasteiger partial charge in [0.25, 0.3) is 0 Å².